The van der Waals surface area contributed by atoms with E-state index in [0.717, 1.165) is 10.9 Å². The van der Waals surface area contributed by atoms with Crippen molar-refractivity contribution in [3.63, 3.8) is 0 Å². The van der Waals surface area contributed by atoms with Crippen LogP contribution in [0.3, 0.4) is 0 Å². The van der Waals surface area contributed by atoms with Crippen LogP contribution in [0.25, 0.3) is 10.9 Å². The number of hydrogen-bond acceptors (Lipinski definition) is 2. The monoisotopic (exact) mass is 295 g/mol. The average molecular weight is 295 g/mol. The maximum atomic E-state index is 13.5. The van der Waals surface area contributed by atoms with E-state index in [1.54, 1.807) is 30.5 Å². The topological polar surface area (TPSA) is 54.0 Å². The van der Waals surface area contributed by atoms with Crippen LogP contribution in [-0.4, -0.2) is 11.0 Å². The number of fused-ring (bicyclic) bond motifs is 1. The second-order valence-electron chi connectivity index (χ2n) is 4.77. The van der Waals surface area contributed by atoms with Gasteiger partial charge in [0.1, 0.15) is 5.82 Å². The van der Waals surface area contributed by atoms with E-state index in [1.165, 1.54) is 6.07 Å². The van der Waals surface area contributed by atoms with E-state index in [0.29, 0.717) is 11.3 Å². The molecule has 0 atom stereocenters. The Balaban J connectivity index is 1.70. The molecule has 0 aliphatic heterocycles. The molecule has 1 aromatic heterocycles. The zero-order chi connectivity index (χ0) is 15.4. The molecule has 1 heterocycles. The number of pyridine rings is 1. The minimum atomic E-state index is -0.389. The predicted octanol–water partition coefficient (Wildman–Crippen LogP) is 3.70. The van der Waals surface area contributed by atoms with Gasteiger partial charge in [-0.2, -0.15) is 0 Å². The summed E-state index contributed by atoms with van der Waals surface area (Å²) in [5, 5.41) is 6.26. The number of hydrogen-bond donors (Lipinski definition) is 2. The smallest absolute Gasteiger partial charge is 0.319 e. The van der Waals surface area contributed by atoms with Gasteiger partial charge in [-0.05, 0) is 30.3 Å². The van der Waals surface area contributed by atoms with Gasteiger partial charge in [0, 0.05) is 23.7 Å². The first-order valence-corrected chi connectivity index (χ1v) is 6.86. The molecular weight excluding hydrogens is 281 g/mol. The number of amides is 2. The van der Waals surface area contributed by atoms with Gasteiger partial charge in [-0.3, -0.25) is 4.98 Å². The van der Waals surface area contributed by atoms with Crippen molar-refractivity contribution < 1.29 is 9.18 Å². The van der Waals surface area contributed by atoms with Crippen LogP contribution < -0.4 is 10.6 Å². The highest BCUT2D eigenvalue weighted by atomic mass is 19.1. The van der Waals surface area contributed by atoms with Gasteiger partial charge in [-0.1, -0.05) is 24.3 Å². The van der Waals surface area contributed by atoms with Gasteiger partial charge in [-0.15, -0.1) is 0 Å². The summed E-state index contributed by atoms with van der Waals surface area (Å²) in [5.74, 6) is -0.336. The summed E-state index contributed by atoms with van der Waals surface area (Å²) < 4.78 is 13.5. The van der Waals surface area contributed by atoms with E-state index in [4.69, 9.17) is 0 Å². The van der Waals surface area contributed by atoms with Gasteiger partial charge in [0.15, 0.2) is 0 Å². The average Bonchev–Trinajstić information content (AvgIpc) is 2.54. The fourth-order valence-corrected chi connectivity index (χ4v) is 2.20. The van der Waals surface area contributed by atoms with Crippen LogP contribution in [0.4, 0.5) is 14.9 Å². The van der Waals surface area contributed by atoms with E-state index in [1.807, 2.05) is 24.3 Å². The van der Waals surface area contributed by atoms with E-state index in [2.05, 4.69) is 15.6 Å². The van der Waals surface area contributed by atoms with Crippen molar-refractivity contribution in [2.75, 3.05) is 5.32 Å². The molecule has 0 bridgehead atoms. The van der Waals surface area contributed by atoms with Crippen LogP contribution in [0.2, 0.25) is 0 Å². The predicted molar refractivity (Wildman–Crippen MR) is 84.0 cm³/mol. The highest BCUT2D eigenvalue weighted by Crippen LogP contribution is 2.21. The van der Waals surface area contributed by atoms with E-state index >= 15 is 0 Å². The molecule has 0 saturated heterocycles. The Morgan fingerprint density at radius 2 is 1.91 bits per heavy atom. The van der Waals surface area contributed by atoms with Crippen LogP contribution in [0, 0.1) is 5.82 Å². The lowest BCUT2D eigenvalue weighted by Gasteiger charge is -2.10. The summed E-state index contributed by atoms with van der Waals surface area (Å²) in [6.45, 7) is 0.127. The molecule has 3 aromatic rings. The normalized spacial score (nSPS) is 10.4. The summed E-state index contributed by atoms with van der Waals surface area (Å²) in [6, 6.07) is 15.1. The van der Waals surface area contributed by atoms with Crippen molar-refractivity contribution >= 4 is 22.6 Å². The quantitative estimate of drug-likeness (QED) is 0.774. The fraction of sp³-hybridized carbons (Fsp3) is 0.0588. The second kappa shape index (κ2) is 6.22. The number of nitrogens with zero attached hydrogens (tertiary/aromatic N) is 1. The lowest BCUT2D eigenvalue weighted by molar-refractivity contribution is 0.251. The third-order valence-electron chi connectivity index (χ3n) is 3.29. The highest BCUT2D eigenvalue weighted by molar-refractivity contribution is 6.00. The number of urea groups is 1. The molecule has 0 aliphatic carbocycles. The minimum Gasteiger partial charge on any atom is -0.334 e. The largest absolute Gasteiger partial charge is 0.334 e. The zero-order valence-electron chi connectivity index (χ0n) is 11.7. The Hall–Kier alpha value is -2.95. The van der Waals surface area contributed by atoms with Gasteiger partial charge in [0.25, 0.3) is 0 Å². The Kier molecular flexibility index (Phi) is 3.96. The van der Waals surface area contributed by atoms with E-state index in [-0.39, 0.29) is 18.4 Å². The molecule has 0 aliphatic rings. The molecule has 2 amide bonds. The molecule has 0 saturated carbocycles. The Labute approximate surface area is 127 Å². The van der Waals surface area contributed by atoms with Gasteiger partial charge in [0.05, 0.1) is 11.2 Å². The van der Waals surface area contributed by atoms with Crippen molar-refractivity contribution in [3.8, 4) is 0 Å². The number of nitrogens with one attached hydrogen (secondary N) is 2. The van der Waals surface area contributed by atoms with Gasteiger partial charge in [0.2, 0.25) is 0 Å². The van der Waals surface area contributed by atoms with Crippen LogP contribution in [-0.2, 0) is 6.54 Å². The SMILES string of the molecule is O=C(NCc1ccccc1F)Nc1cccc2ncccc12. The molecule has 0 spiro atoms. The number of rotatable bonds is 3. The van der Waals surface area contributed by atoms with Crippen molar-refractivity contribution in [2.24, 2.45) is 0 Å². The standard InChI is InChI=1S/C17H14FN3O/c18-14-7-2-1-5-12(14)11-20-17(22)21-16-9-3-8-15-13(16)6-4-10-19-15/h1-10H,11H2,(H2,20,21,22). The first kappa shape index (κ1) is 14.0. The molecule has 0 radical (unpaired) electrons. The summed E-state index contributed by atoms with van der Waals surface area (Å²) in [6.07, 6.45) is 1.70. The third kappa shape index (κ3) is 3.03. The number of aromatic nitrogens is 1. The molecule has 22 heavy (non-hydrogen) atoms. The first-order valence-electron chi connectivity index (χ1n) is 6.86. The number of halogens is 1. The summed E-state index contributed by atoms with van der Waals surface area (Å²) >= 11 is 0. The molecule has 5 heteroatoms. The van der Waals surface area contributed by atoms with E-state index in [9.17, 15) is 9.18 Å². The number of anilines is 1. The number of carbonyl (C=O) groups is 1. The molecule has 2 aromatic carbocycles. The maximum absolute atomic E-state index is 13.5. The van der Waals surface area contributed by atoms with Crippen LogP contribution in [0.1, 0.15) is 5.56 Å². The van der Waals surface area contributed by atoms with Crippen molar-refractivity contribution in [1.29, 1.82) is 0 Å². The van der Waals surface area contributed by atoms with Crippen molar-refractivity contribution in [1.82, 2.24) is 10.3 Å². The Morgan fingerprint density at radius 1 is 1.05 bits per heavy atom. The Morgan fingerprint density at radius 3 is 2.77 bits per heavy atom. The minimum absolute atomic E-state index is 0.127. The Bertz CT molecular complexity index is 814. The summed E-state index contributed by atoms with van der Waals surface area (Å²) in [5.41, 5.74) is 1.91. The molecule has 2 N–H and O–H groups in total. The lowest BCUT2D eigenvalue weighted by atomic mass is 10.2. The fourth-order valence-electron chi connectivity index (χ4n) is 2.20. The first-order chi connectivity index (χ1) is 10.7. The molecule has 0 unspecified atom stereocenters. The van der Waals surface area contributed by atoms with Gasteiger partial charge < -0.3 is 10.6 Å². The van der Waals surface area contributed by atoms with Crippen molar-refractivity contribution in [3.05, 3.63) is 72.2 Å². The second-order valence-corrected chi connectivity index (χ2v) is 4.77. The van der Waals surface area contributed by atoms with Crippen molar-refractivity contribution in [2.45, 2.75) is 6.54 Å². The maximum Gasteiger partial charge on any atom is 0.319 e. The van der Waals surface area contributed by atoms with Gasteiger partial charge in [-0.25, -0.2) is 9.18 Å². The number of carbonyl (C=O) groups excluding carboxylic acids is 1. The third-order valence-corrected chi connectivity index (χ3v) is 3.29. The van der Waals surface area contributed by atoms with Crippen LogP contribution in [0.5, 0.6) is 0 Å². The number of benzene rings is 2. The van der Waals surface area contributed by atoms with Gasteiger partial charge >= 0.3 is 6.03 Å². The molecular formula is C17H14FN3O. The summed E-state index contributed by atoms with van der Waals surface area (Å²) in [7, 11) is 0. The van der Waals surface area contributed by atoms with Crippen LogP contribution >= 0.6 is 0 Å². The molecule has 0 fully saturated rings. The molecule has 4 nitrogen and oxygen atoms in total. The van der Waals surface area contributed by atoms with Crippen LogP contribution in [0.15, 0.2) is 60.8 Å². The summed E-state index contributed by atoms with van der Waals surface area (Å²) in [4.78, 5) is 16.2. The zero-order valence-corrected chi connectivity index (χ0v) is 11.7. The highest BCUT2D eigenvalue weighted by Gasteiger charge is 2.07. The van der Waals surface area contributed by atoms with E-state index < -0.39 is 0 Å². The molecule has 3 rings (SSSR count). The lowest BCUT2D eigenvalue weighted by Crippen LogP contribution is -2.28. The molecule has 110 valence electrons.